The van der Waals surface area contributed by atoms with E-state index >= 15 is 0 Å². The van der Waals surface area contributed by atoms with Gasteiger partial charge in [0.25, 0.3) is 5.24 Å². The van der Waals surface area contributed by atoms with Gasteiger partial charge in [-0.1, -0.05) is 0 Å². The quantitative estimate of drug-likeness (QED) is 0.589. The number of nitriles is 1. The average Bonchev–Trinajstić information content (AvgIpc) is 2.05. The molecule has 0 aromatic heterocycles. The molecule has 0 saturated heterocycles. The van der Waals surface area contributed by atoms with E-state index in [1.165, 1.54) is 6.07 Å². The van der Waals surface area contributed by atoms with Gasteiger partial charge in [-0.2, -0.15) is 5.26 Å². The molecule has 0 unspecified atom stereocenters. The minimum Gasteiger partial charge on any atom is -0.276 e. The first-order valence-corrected chi connectivity index (χ1v) is 4.50. The van der Waals surface area contributed by atoms with Gasteiger partial charge in [0.15, 0.2) is 0 Å². The van der Waals surface area contributed by atoms with Crippen molar-refractivity contribution in [3.63, 3.8) is 0 Å². The zero-order chi connectivity index (χ0) is 9.14. The third-order valence-electron chi connectivity index (χ3n) is 1.31. The van der Waals surface area contributed by atoms with Crippen molar-refractivity contribution in [3.05, 3.63) is 32.9 Å². The van der Waals surface area contributed by atoms with Gasteiger partial charge < -0.3 is 0 Å². The molecular formula is C8H3ClINO. The Hall–Kier alpha value is -0.600. The van der Waals surface area contributed by atoms with Gasteiger partial charge in [0.05, 0.1) is 11.6 Å². The normalized spacial score (nSPS) is 9.08. The van der Waals surface area contributed by atoms with Gasteiger partial charge in [-0.05, 0) is 52.4 Å². The van der Waals surface area contributed by atoms with Crippen molar-refractivity contribution in [2.45, 2.75) is 0 Å². The van der Waals surface area contributed by atoms with E-state index in [-0.39, 0.29) is 0 Å². The summed E-state index contributed by atoms with van der Waals surface area (Å²) in [6.45, 7) is 0. The predicted octanol–water partition coefficient (Wildman–Crippen LogP) is 2.54. The Kier molecular flexibility index (Phi) is 3.06. The topological polar surface area (TPSA) is 40.9 Å². The molecule has 60 valence electrons. The number of nitrogens with zero attached hydrogens (tertiary/aromatic N) is 1. The van der Waals surface area contributed by atoms with E-state index in [9.17, 15) is 4.79 Å². The highest BCUT2D eigenvalue weighted by Gasteiger charge is 2.07. The first-order valence-electron chi connectivity index (χ1n) is 3.04. The fourth-order valence-corrected chi connectivity index (χ4v) is 1.64. The highest BCUT2D eigenvalue weighted by atomic mass is 127. The standard InChI is InChI=1S/C8H3ClINO/c9-8(12)6-3-5(4-11)1-2-7(6)10/h1-3H. The van der Waals surface area contributed by atoms with Gasteiger partial charge in [-0.25, -0.2) is 0 Å². The molecule has 12 heavy (non-hydrogen) atoms. The van der Waals surface area contributed by atoms with Crippen LogP contribution in [0.15, 0.2) is 18.2 Å². The first-order chi connectivity index (χ1) is 5.65. The number of rotatable bonds is 1. The van der Waals surface area contributed by atoms with Crippen molar-refractivity contribution in [1.29, 1.82) is 5.26 Å². The van der Waals surface area contributed by atoms with Gasteiger partial charge in [-0.3, -0.25) is 4.79 Å². The van der Waals surface area contributed by atoms with Gasteiger partial charge in [0, 0.05) is 9.13 Å². The fourth-order valence-electron chi connectivity index (χ4n) is 0.745. The Morgan fingerprint density at radius 3 is 2.75 bits per heavy atom. The number of carbonyl (C=O) groups excluding carboxylic acids is 1. The van der Waals surface area contributed by atoms with Gasteiger partial charge in [0.1, 0.15) is 0 Å². The summed E-state index contributed by atoms with van der Waals surface area (Å²) in [6, 6.07) is 6.75. The molecule has 0 bridgehead atoms. The van der Waals surface area contributed by atoms with Crippen LogP contribution in [-0.4, -0.2) is 5.24 Å². The van der Waals surface area contributed by atoms with Crippen LogP contribution in [-0.2, 0) is 0 Å². The third-order valence-corrected chi connectivity index (χ3v) is 2.45. The maximum atomic E-state index is 10.8. The van der Waals surface area contributed by atoms with Crippen LogP contribution in [0.1, 0.15) is 15.9 Å². The average molecular weight is 291 g/mol. The maximum Gasteiger partial charge on any atom is 0.253 e. The minimum absolute atomic E-state index is 0.385. The Labute approximate surface area is 88.3 Å². The summed E-state index contributed by atoms with van der Waals surface area (Å²) in [5, 5.41) is 8.00. The zero-order valence-electron chi connectivity index (χ0n) is 5.84. The summed E-state index contributed by atoms with van der Waals surface area (Å²) in [6.07, 6.45) is 0. The largest absolute Gasteiger partial charge is 0.276 e. The lowest BCUT2D eigenvalue weighted by Crippen LogP contribution is -1.93. The van der Waals surface area contributed by atoms with Crippen LogP contribution in [0.25, 0.3) is 0 Å². The van der Waals surface area contributed by atoms with Gasteiger partial charge in [-0.15, -0.1) is 0 Å². The predicted molar refractivity (Wildman–Crippen MR) is 54.1 cm³/mol. The Morgan fingerprint density at radius 2 is 2.25 bits per heavy atom. The molecule has 0 aliphatic heterocycles. The summed E-state index contributed by atoms with van der Waals surface area (Å²) in [5.74, 6) is 0. The van der Waals surface area contributed by atoms with Crippen LogP contribution in [0, 0.1) is 14.9 Å². The molecule has 4 heteroatoms. The van der Waals surface area contributed by atoms with Gasteiger partial charge >= 0.3 is 0 Å². The number of carbonyl (C=O) groups is 1. The maximum absolute atomic E-state index is 10.8. The molecule has 1 rings (SSSR count). The minimum atomic E-state index is -0.531. The molecule has 0 amide bonds. The van der Waals surface area contributed by atoms with E-state index < -0.39 is 5.24 Å². The fraction of sp³-hybridized carbons (Fsp3) is 0. The number of hydrogen-bond donors (Lipinski definition) is 0. The van der Waals surface area contributed by atoms with Crippen LogP contribution < -0.4 is 0 Å². The Morgan fingerprint density at radius 1 is 1.58 bits per heavy atom. The third kappa shape index (κ3) is 1.96. The number of halogens is 2. The lowest BCUT2D eigenvalue weighted by atomic mass is 10.1. The summed E-state index contributed by atoms with van der Waals surface area (Å²) in [5.41, 5.74) is 0.829. The monoisotopic (exact) mass is 291 g/mol. The van der Waals surface area contributed by atoms with E-state index in [1.54, 1.807) is 12.1 Å². The molecule has 2 nitrogen and oxygen atoms in total. The van der Waals surface area contributed by atoms with E-state index in [0.29, 0.717) is 11.1 Å². The molecule has 0 saturated carbocycles. The molecule has 0 spiro atoms. The van der Waals surface area contributed by atoms with E-state index in [0.717, 1.165) is 3.57 Å². The van der Waals surface area contributed by atoms with Crippen LogP contribution >= 0.6 is 34.2 Å². The van der Waals surface area contributed by atoms with Crippen molar-refractivity contribution in [3.8, 4) is 6.07 Å². The van der Waals surface area contributed by atoms with E-state index in [4.69, 9.17) is 16.9 Å². The van der Waals surface area contributed by atoms with Crippen molar-refractivity contribution >= 4 is 39.4 Å². The summed E-state index contributed by atoms with van der Waals surface area (Å²) in [7, 11) is 0. The summed E-state index contributed by atoms with van der Waals surface area (Å²) in [4.78, 5) is 10.8. The van der Waals surface area contributed by atoms with Crippen molar-refractivity contribution in [2.24, 2.45) is 0 Å². The van der Waals surface area contributed by atoms with E-state index in [1.807, 2.05) is 28.7 Å². The zero-order valence-corrected chi connectivity index (χ0v) is 8.76. The molecule has 0 aliphatic carbocycles. The van der Waals surface area contributed by atoms with E-state index in [2.05, 4.69) is 0 Å². The SMILES string of the molecule is N#Cc1ccc(I)c(C(=O)Cl)c1. The van der Waals surface area contributed by atoms with Crippen molar-refractivity contribution in [1.82, 2.24) is 0 Å². The highest BCUT2D eigenvalue weighted by molar-refractivity contribution is 14.1. The second kappa shape index (κ2) is 3.87. The summed E-state index contributed by atoms with van der Waals surface area (Å²) < 4.78 is 0.756. The molecule has 0 aliphatic rings. The lowest BCUT2D eigenvalue weighted by molar-refractivity contribution is 0.108. The van der Waals surface area contributed by atoms with Crippen LogP contribution in [0.2, 0.25) is 0 Å². The number of hydrogen-bond acceptors (Lipinski definition) is 2. The second-order valence-electron chi connectivity index (χ2n) is 2.08. The van der Waals surface area contributed by atoms with Crippen LogP contribution in [0.5, 0.6) is 0 Å². The molecule has 0 fully saturated rings. The molecular weight excluding hydrogens is 288 g/mol. The van der Waals surface area contributed by atoms with Crippen LogP contribution in [0.4, 0.5) is 0 Å². The van der Waals surface area contributed by atoms with Gasteiger partial charge in [0.2, 0.25) is 0 Å². The lowest BCUT2D eigenvalue weighted by Gasteiger charge is -1.97. The Balaban J connectivity index is 3.28. The molecule has 1 aromatic rings. The van der Waals surface area contributed by atoms with Crippen molar-refractivity contribution in [2.75, 3.05) is 0 Å². The molecule has 1 aromatic carbocycles. The molecule has 0 atom stereocenters. The number of benzene rings is 1. The smallest absolute Gasteiger partial charge is 0.253 e. The van der Waals surface area contributed by atoms with Crippen molar-refractivity contribution < 1.29 is 4.79 Å². The Bertz CT molecular complexity index is 370. The summed E-state index contributed by atoms with van der Waals surface area (Å²) >= 11 is 7.28. The first kappa shape index (κ1) is 9.49. The van der Waals surface area contributed by atoms with Crippen LogP contribution in [0.3, 0.4) is 0 Å². The molecule has 0 heterocycles. The molecule has 0 N–H and O–H groups in total. The molecule has 0 radical (unpaired) electrons. The second-order valence-corrected chi connectivity index (χ2v) is 3.59. The highest BCUT2D eigenvalue weighted by Crippen LogP contribution is 2.15.